The first-order valence-electron chi connectivity index (χ1n) is 6.59. The quantitative estimate of drug-likeness (QED) is 0.905. The summed E-state index contributed by atoms with van der Waals surface area (Å²) in [5, 5.41) is 2.73. The van der Waals surface area contributed by atoms with Crippen molar-refractivity contribution in [2.75, 3.05) is 0 Å². The Kier molecular flexibility index (Phi) is 4.66. The number of hydrogen-bond acceptors (Lipinski definition) is 2. The van der Waals surface area contributed by atoms with Crippen molar-refractivity contribution in [2.45, 2.75) is 19.4 Å². The van der Waals surface area contributed by atoms with E-state index in [1.54, 1.807) is 31.2 Å². The van der Waals surface area contributed by atoms with Gasteiger partial charge in [0.15, 0.2) is 5.78 Å². The number of benzene rings is 2. The molecule has 0 aliphatic rings. The molecular formula is C17H17NO2. The molecular weight excluding hydrogens is 250 g/mol. The van der Waals surface area contributed by atoms with Gasteiger partial charge < -0.3 is 5.32 Å². The number of nitrogens with one attached hydrogen (secondary N) is 1. The van der Waals surface area contributed by atoms with Crippen LogP contribution in [-0.2, 0) is 11.2 Å². The molecule has 20 heavy (non-hydrogen) atoms. The average molecular weight is 267 g/mol. The molecule has 0 aromatic heterocycles. The van der Waals surface area contributed by atoms with Crippen LogP contribution in [0.1, 0.15) is 22.8 Å². The Morgan fingerprint density at radius 1 is 0.950 bits per heavy atom. The fourth-order valence-corrected chi connectivity index (χ4v) is 1.90. The van der Waals surface area contributed by atoms with Crippen molar-refractivity contribution < 1.29 is 9.59 Å². The van der Waals surface area contributed by atoms with Gasteiger partial charge in [-0.15, -0.1) is 0 Å². The third kappa shape index (κ3) is 3.79. The van der Waals surface area contributed by atoms with E-state index in [1.165, 1.54) is 0 Å². The maximum absolute atomic E-state index is 12.1. The van der Waals surface area contributed by atoms with Gasteiger partial charge in [-0.25, -0.2) is 0 Å². The molecule has 1 unspecified atom stereocenters. The minimum absolute atomic E-state index is 0.000445. The second-order valence-corrected chi connectivity index (χ2v) is 4.69. The van der Waals surface area contributed by atoms with Crippen LogP contribution >= 0.6 is 0 Å². The molecule has 2 aromatic carbocycles. The van der Waals surface area contributed by atoms with E-state index in [9.17, 15) is 9.59 Å². The standard InChI is InChI=1S/C17H17NO2/c1-13(16(19)12-14-8-4-2-5-9-14)18-17(20)15-10-6-3-7-11-15/h2-11,13H,12H2,1H3,(H,18,20). The highest BCUT2D eigenvalue weighted by Gasteiger charge is 2.16. The van der Waals surface area contributed by atoms with Gasteiger partial charge in [0.05, 0.1) is 6.04 Å². The number of carbonyl (C=O) groups is 2. The van der Waals surface area contributed by atoms with Gasteiger partial charge in [-0.2, -0.15) is 0 Å². The van der Waals surface area contributed by atoms with Crippen LogP contribution in [0.5, 0.6) is 0 Å². The maximum Gasteiger partial charge on any atom is 0.251 e. The van der Waals surface area contributed by atoms with Gasteiger partial charge in [-0.1, -0.05) is 48.5 Å². The topological polar surface area (TPSA) is 46.2 Å². The number of ketones is 1. The normalized spacial score (nSPS) is 11.7. The molecule has 0 spiro atoms. The Balaban J connectivity index is 1.93. The number of carbonyl (C=O) groups excluding carboxylic acids is 2. The number of amides is 1. The van der Waals surface area contributed by atoms with Crippen molar-refractivity contribution in [3.05, 3.63) is 71.8 Å². The van der Waals surface area contributed by atoms with E-state index in [2.05, 4.69) is 5.32 Å². The molecule has 0 saturated heterocycles. The van der Waals surface area contributed by atoms with Crippen LogP contribution in [0.2, 0.25) is 0 Å². The molecule has 102 valence electrons. The third-order valence-electron chi connectivity index (χ3n) is 3.09. The maximum atomic E-state index is 12.1. The Morgan fingerprint density at radius 3 is 2.10 bits per heavy atom. The zero-order chi connectivity index (χ0) is 14.4. The first kappa shape index (κ1) is 14.0. The number of Topliss-reactive ketones (excluding diaryl/α,β-unsaturated/α-hetero) is 1. The second kappa shape index (κ2) is 6.66. The fraction of sp³-hybridized carbons (Fsp3) is 0.176. The lowest BCUT2D eigenvalue weighted by Gasteiger charge is -2.13. The van der Waals surface area contributed by atoms with E-state index in [4.69, 9.17) is 0 Å². The van der Waals surface area contributed by atoms with Crippen LogP contribution in [0.15, 0.2) is 60.7 Å². The first-order chi connectivity index (χ1) is 9.66. The van der Waals surface area contributed by atoms with E-state index >= 15 is 0 Å². The lowest BCUT2D eigenvalue weighted by molar-refractivity contribution is -0.119. The SMILES string of the molecule is CC(NC(=O)c1ccccc1)C(=O)Cc1ccccc1. The first-order valence-corrected chi connectivity index (χ1v) is 6.59. The van der Waals surface area contributed by atoms with E-state index in [0.29, 0.717) is 12.0 Å². The minimum Gasteiger partial charge on any atom is -0.343 e. The van der Waals surface area contributed by atoms with Crippen LogP contribution in [-0.4, -0.2) is 17.7 Å². The minimum atomic E-state index is -0.497. The van der Waals surface area contributed by atoms with Crippen LogP contribution in [0.4, 0.5) is 0 Å². The molecule has 1 atom stereocenters. The zero-order valence-corrected chi connectivity index (χ0v) is 11.4. The molecule has 0 bridgehead atoms. The Labute approximate surface area is 118 Å². The van der Waals surface area contributed by atoms with Gasteiger partial charge >= 0.3 is 0 Å². The summed E-state index contributed by atoms with van der Waals surface area (Å²) in [5.41, 5.74) is 1.52. The van der Waals surface area contributed by atoms with Gasteiger partial charge in [0.1, 0.15) is 0 Å². The van der Waals surface area contributed by atoms with Crippen molar-refractivity contribution in [3.63, 3.8) is 0 Å². The summed E-state index contributed by atoms with van der Waals surface area (Å²) >= 11 is 0. The molecule has 1 N–H and O–H groups in total. The van der Waals surface area contributed by atoms with Crippen LogP contribution in [0.3, 0.4) is 0 Å². The van der Waals surface area contributed by atoms with Gasteiger partial charge in [0.25, 0.3) is 5.91 Å². The van der Waals surface area contributed by atoms with Gasteiger partial charge in [0.2, 0.25) is 0 Å². The molecule has 1 amide bonds. The number of hydrogen-bond donors (Lipinski definition) is 1. The molecule has 0 aliphatic heterocycles. The van der Waals surface area contributed by atoms with Gasteiger partial charge in [-0.05, 0) is 24.6 Å². The number of rotatable bonds is 5. The predicted molar refractivity (Wildman–Crippen MR) is 78.5 cm³/mol. The lowest BCUT2D eigenvalue weighted by atomic mass is 10.0. The van der Waals surface area contributed by atoms with Crippen LogP contribution in [0, 0.1) is 0 Å². The molecule has 2 rings (SSSR count). The summed E-state index contributed by atoms with van der Waals surface area (Å²) in [6, 6.07) is 17.9. The van der Waals surface area contributed by atoms with Crippen LogP contribution in [0.25, 0.3) is 0 Å². The second-order valence-electron chi connectivity index (χ2n) is 4.69. The van der Waals surface area contributed by atoms with E-state index in [-0.39, 0.29) is 11.7 Å². The highest BCUT2D eigenvalue weighted by Crippen LogP contribution is 2.04. The van der Waals surface area contributed by atoms with Crippen molar-refractivity contribution in [2.24, 2.45) is 0 Å². The van der Waals surface area contributed by atoms with Crippen molar-refractivity contribution in [3.8, 4) is 0 Å². The van der Waals surface area contributed by atoms with Gasteiger partial charge in [-0.3, -0.25) is 9.59 Å². The summed E-state index contributed by atoms with van der Waals surface area (Å²) in [5.74, 6) is -0.222. The molecule has 0 fully saturated rings. The summed E-state index contributed by atoms with van der Waals surface area (Å²) in [6.07, 6.45) is 0.330. The van der Waals surface area contributed by atoms with Crippen molar-refractivity contribution in [1.82, 2.24) is 5.32 Å². The molecule has 0 aliphatic carbocycles. The monoisotopic (exact) mass is 267 g/mol. The largest absolute Gasteiger partial charge is 0.343 e. The smallest absolute Gasteiger partial charge is 0.251 e. The zero-order valence-electron chi connectivity index (χ0n) is 11.4. The van der Waals surface area contributed by atoms with Gasteiger partial charge in [0, 0.05) is 12.0 Å². The highest BCUT2D eigenvalue weighted by atomic mass is 16.2. The van der Waals surface area contributed by atoms with Crippen molar-refractivity contribution >= 4 is 11.7 Å². The average Bonchev–Trinajstić information content (AvgIpc) is 2.49. The molecule has 0 saturated carbocycles. The summed E-state index contributed by atoms with van der Waals surface area (Å²) in [4.78, 5) is 24.0. The lowest BCUT2D eigenvalue weighted by Crippen LogP contribution is -2.39. The summed E-state index contributed by atoms with van der Waals surface area (Å²) in [6.45, 7) is 1.71. The predicted octanol–water partition coefficient (Wildman–Crippen LogP) is 2.62. The molecule has 3 nitrogen and oxygen atoms in total. The van der Waals surface area contributed by atoms with E-state index < -0.39 is 6.04 Å². The van der Waals surface area contributed by atoms with Crippen LogP contribution < -0.4 is 5.32 Å². The Bertz CT molecular complexity index is 578. The Hall–Kier alpha value is -2.42. The third-order valence-corrected chi connectivity index (χ3v) is 3.09. The molecule has 0 radical (unpaired) electrons. The molecule has 3 heteroatoms. The van der Waals surface area contributed by atoms with Crippen molar-refractivity contribution in [1.29, 1.82) is 0 Å². The fourth-order valence-electron chi connectivity index (χ4n) is 1.90. The summed E-state index contributed by atoms with van der Waals surface area (Å²) in [7, 11) is 0. The highest BCUT2D eigenvalue weighted by molar-refractivity contribution is 5.98. The van der Waals surface area contributed by atoms with E-state index in [0.717, 1.165) is 5.56 Å². The van der Waals surface area contributed by atoms with E-state index in [1.807, 2.05) is 36.4 Å². The Morgan fingerprint density at radius 2 is 1.50 bits per heavy atom. The molecule has 0 heterocycles. The molecule has 2 aromatic rings. The summed E-state index contributed by atoms with van der Waals surface area (Å²) < 4.78 is 0.